The largest absolute Gasteiger partial charge is 0.497 e. The van der Waals surface area contributed by atoms with Crippen LogP contribution in [0.5, 0.6) is 11.5 Å². The van der Waals surface area contributed by atoms with E-state index in [9.17, 15) is 9.59 Å². The second-order valence-electron chi connectivity index (χ2n) is 8.19. The minimum absolute atomic E-state index is 0.0714. The van der Waals surface area contributed by atoms with Crippen LogP contribution < -0.4 is 15.2 Å². The number of ether oxygens (including phenoxy) is 2. The van der Waals surface area contributed by atoms with Gasteiger partial charge in [-0.25, -0.2) is 4.79 Å². The van der Waals surface area contributed by atoms with Gasteiger partial charge in [0.1, 0.15) is 17.1 Å². The van der Waals surface area contributed by atoms with Gasteiger partial charge in [-0.1, -0.05) is 12.1 Å². The van der Waals surface area contributed by atoms with Crippen LogP contribution in [0.25, 0.3) is 11.0 Å². The molecule has 0 unspecified atom stereocenters. The number of fused-ring (bicyclic) bond motifs is 2. The number of aromatic amines is 1. The van der Waals surface area contributed by atoms with Gasteiger partial charge in [-0.2, -0.15) is 0 Å². The van der Waals surface area contributed by atoms with Gasteiger partial charge in [-0.05, 0) is 30.3 Å². The number of nitrogens with one attached hydrogen (secondary N) is 1. The molecule has 5 rings (SSSR count). The summed E-state index contributed by atoms with van der Waals surface area (Å²) >= 11 is 0. The molecule has 7 heteroatoms. The first-order valence-electron chi connectivity index (χ1n) is 10.4. The van der Waals surface area contributed by atoms with Gasteiger partial charge < -0.3 is 19.4 Å². The number of carbonyl (C=O) groups excluding carboxylic acids is 1. The van der Waals surface area contributed by atoms with Crippen molar-refractivity contribution in [2.75, 3.05) is 26.7 Å². The molecular weight excluding hydrogens is 382 g/mol. The average molecular weight is 407 g/mol. The van der Waals surface area contributed by atoms with Crippen LogP contribution in [0.1, 0.15) is 29.6 Å². The number of nitrogens with zero attached hydrogens (tertiary/aromatic N) is 2. The van der Waals surface area contributed by atoms with Crippen molar-refractivity contribution < 1.29 is 14.3 Å². The average Bonchev–Trinajstić information content (AvgIpc) is 3.08. The maximum atomic E-state index is 12.8. The zero-order valence-electron chi connectivity index (χ0n) is 17.0. The Morgan fingerprint density at radius 3 is 2.70 bits per heavy atom. The fourth-order valence-corrected chi connectivity index (χ4v) is 4.63. The van der Waals surface area contributed by atoms with E-state index in [4.69, 9.17) is 9.47 Å². The van der Waals surface area contributed by atoms with Crippen LogP contribution >= 0.6 is 0 Å². The number of benzene rings is 2. The van der Waals surface area contributed by atoms with Gasteiger partial charge in [-0.15, -0.1) is 0 Å². The molecule has 2 aliphatic heterocycles. The van der Waals surface area contributed by atoms with Crippen LogP contribution in [-0.2, 0) is 6.54 Å². The number of H-pyrrole nitrogens is 1. The van der Waals surface area contributed by atoms with E-state index in [1.165, 1.54) is 0 Å². The number of ketones is 1. The van der Waals surface area contributed by atoms with E-state index in [1.54, 1.807) is 17.7 Å². The Bertz CT molecular complexity index is 1150. The predicted molar refractivity (Wildman–Crippen MR) is 114 cm³/mol. The highest BCUT2D eigenvalue weighted by Gasteiger charge is 2.42. The number of hydrogen-bond acceptors (Lipinski definition) is 5. The highest BCUT2D eigenvalue weighted by Crippen LogP contribution is 2.40. The van der Waals surface area contributed by atoms with Gasteiger partial charge >= 0.3 is 5.69 Å². The third kappa shape index (κ3) is 3.29. The standard InChI is InChI=1S/C23H25N3O4/c1-29-16-6-7-21-17(14-16)20(27)15-23(30-21)8-10-25(11-9-23)12-13-26-19-5-3-2-4-18(19)24-22(26)28/h2-7,14H,8-13,15H2,1H3,(H,24,28). The molecule has 2 aliphatic rings. The quantitative estimate of drug-likeness (QED) is 0.720. The molecule has 1 aromatic heterocycles. The molecule has 2 aromatic carbocycles. The van der Waals surface area contributed by atoms with Crippen molar-refractivity contribution in [2.24, 2.45) is 0 Å². The summed E-state index contributed by atoms with van der Waals surface area (Å²) < 4.78 is 13.4. The molecule has 0 aliphatic carbocycles. The lowest BCUT2D eigenvalue weighted by Crippen LogP contribution is -2.51. The van der Waals surface area contributed by atoms with Crippen molar-refractivity contribution in [3.63, 3.8) is 0 Å². The Hall–Kier alpha value is -3.06. The zero-order chi connectivity index (χ0) is 20.7. The SMILES string of the molecule is COc1ccc2c(c1)C(=O)CC1(CCN(CCn3c(=O)[nH]c4ccccc43)CC1)O2. The maximum absolute atomic E-state index is 12.8. The summed E-state index contributed by atoms with van der Waals surface area (Å²) in [4.78, 5) is 30.3. The molecule has 156 valence electrons. The number of aromatic nitrogens is 2. The second-order valence-corrected chi connectivity index (χ2v) is 8.19. The van der Waals surface area contributed by atoms with E-state index >= 15 is 0 Å². The van der Waals surface area contributed by atoms with Crippen molar-refractivity contribution in [3.8, 4) is 11.5 Å². The minimum Gasteiger partial charge on any atom is -0.497 e. The minimum atomic E-state index is -0.424. The third-order valence-electron chi connectivity index (χ3n) is 6.39. The van der Waals surface area contributed by atoms with E-state index in [0.29, 0.717) is 30.0 Å². The molecule has 3 heterocycles. The van der Waals surface area contributed by atoms with Gasteiger partial charge in [0.15, 0.2) is 5.78 Å². The Morgan fingerprint density at radius 1 is 1.10 bits per heavy atom. The van der Waals surface area contributed by atoms with Gasteiger partial charge in [0, 0.05) is 39.0 Å². The van der Waals surface area contributed by atoms with Crippen molar-refractivity contribution in [3.05, 3.63) is 58.5 Å². The number of likely N-dealkylation sites (tertiary alicyclic amines) is 1. The fourth-order valence-electron chi connectivity index (χ4n) is 4.63. The van der Waals surface area contributed by atoms with Crippen LogP contribution in [0.2, 0.25) is 0 Å². The monoisotopic (exact) mass is 407 g/mol. The Balaban J connectivity index is 1.25. The Kier molecular flexibility index (Phi) is 4.62. The summed E-state index contributed by atoms with van der Waals surface area (Å²) in [5.41, 5.74) is 1.92. The molecule has 0 amide bonds. The highest BCUT2D eigenvalue weighted by atomic mass is 16.5. The molecule has 1 spiro atoms. The number of Topliss-reactive ketones (excluding diaryl/α,β-unsaturated/α-hetero) is 1. The van der Waals surface area contributed by atoms with Gasteiger partial charge in [0.2, 0.25) is 0 Å². The molecule has 0 radical (unpaired) electrons. The van der Waals surface area contributed by atoms with E-state index in [-0.39, 0.29) is 11.5 Å². The third-order valence-corrected chi connectivity index (χ3v) is 6.39. The second kappa shape index (κ2) is 7.32. The van der Waals surface area contributed by atoms with Crippen molar-refractivity contribution in [2.45, 2.75) is 31.4 Å². The number of piperidine rings is 1. The molecule has 0 saturated carbocycles. The number of carbonyl (C=O) groups is 1. The summed E-state index contributed by atoms with van der Waals surface area (Å²) in [7, 11) is 1.59. The normalized spacial score (nSPS) is 18.4. The fraction of sp³-hybridized carbons (Fsp3) is 0.391. The first-order valence-corrected chi connectivity index (χ1v) is 10.4. The molecule has 7 nitrogen and oxygen atoms in total. The Labute approximate surface area is 174 Å². The molecule has 30 heavy (non-hydrogen) atoms. The summed E-state index contributed by atoms with van der Waals surface area (Å²) in [5, 5.41) is 0. The molecule has 1 N–H and O–H groups in total. The molecule has 3 aromatic rings. The van der Waals surface area contributed by atoms with Crippen molar-refractivity contribution >= 4 is 16.8 Å². The van der Waals surface area contributed by atoms with Crippen LogP contribution in [0.15, 0.2) is 47.3 Å². The molecule has 1 saturated heterocycles. The van der Waals surface area contributed by atoms with Crippen molar-refractivity contribution in [1.29, 1.82) is 0 Å². The van der Waals surface area contributed by atoms with E-state index < -0.39 is 5.60 Å². The zero-order valence-corrected chi connectivity index (χ0v) is 17.0. The van der Waals surface area contributed by atoms with Crippen LogP contribution in [0, 0.1) is 0 Å². The number of para-hydroxylation sites is 2. The van der Waals surface area contributed by atoms with Gasteiger partial charge in [0.25, 0.3) is 0 Å². The maximum Gasteiger partial charge on any atom is 0.326 e. The summed E-state index contributed by atoms with van der Waals surface area (Å²) in [6, 6.07) is 13.2. The topological polar surface area (TPSA) is 76.6 Å². The number of hydrogen-bond donors (Lipinski definition) is 1. The molecule has 1 fully saturated rings. The lowest BCUT2D eigenvalue weighted by Gasteiger charge is -2.44. The van der Waals surface area contributed by atoms with Crippen molar-refractivity contribution in [1.82, 2.24) is 14.5 Å². The van der Waals surface area contributed by atoms with E-state index in [0.717, 1.165) is 43.5 Å². The first kappa shape index (κ1) is 18.9. The lowest BCUT2D eigenvalue weighted by atomic mass is 9.82. The lowest BCUT2D eigenvalue weighted by molar-refractivity contribution is -0.00955. The summed E-state index contributed by atoms with van der Waals surface area (Å²) in [5.74, 6) is 1.45. The van der Waals surface area contributed by atoms with E-state index in [1.807, 2.05) is 36.4 Å². The van der Waals surface area contributed by atoms with Gasteiger partial charge in [-0.3, -0.25) is 9.36 Å². The molecule has 0 atom stereocenters. The summed E-state index contributed by atoms with van der Waals surface area (Å²) in [6.07, 6.45) is 2.00. The Morgan fingerprint density at radius 2 is 1.90 bits per heavy atom. The number of methoxy groups -OCH3 is 1. The van der Waals surface area contributed by atoms with Crippen LogP contribution in [0.4, 0.5) is 0 Å². The first-order chi connectivity index (χ1) is 14.6. The molecular formula is C23H25N3O4. The summed E-state index contributed by atoms with van der Waals surface area (Å²) in [6.45, 7) is 3.11. The number of imidazole rings is 1. The predicted octanol–water partition coefficient (Wildman–Crippen LogP) is 2.84. The number of rotatable bonds is 4. The van der Waals surface area contributed by atoms with Crippen LogP contribution in [0.3, 0.4) is 0 Å². The van der Waals surface area contributed by atoms with Crippen LogP contribution in [-0.4, -0.2) is 52.6 Å². The van der Waals surface area contributed by atoms with Gasteiger partial charge in [0.05, 0.1) is 30.1 Å². The van der Waals surface area contributed by atoms with E-state index in [2.05, 4.69) is 9.88 Å². The molecule has 0 bridgehead atoms. The smallest absolute Gasteiger partial charge is 0.326 e. The highest BCUT2D eigenvalue weighted by molar-refractivity contribution is 6.00.